The van der Waals surface area contributed by atoms with Crippen molar-refractivity contribution in [3.63, 3.8) is 0 Å². The zero-order chi connectivity index (χ0) is 23.9. The van der Waals surface area contributed by atoms with Gasteiger partial charge in [0.25, 0.3) is 5.91 Å². The summed E-state index contributed by atoms with van der Waals surface area (Å²) in [6.45, 7) is 4.84. The van der Waals surface area contributed by atoms with Gasteiger partial charge in [-0.15, -0.1) is 0 Å². The first-order valence-electron chi connectivity index (χ1n) is 10.2. The second kappa shape index (κ2) is 8.53. The third kappa shape index (κ3) is 4.44. The molecule has 3 aromatic rings. The van der Waals surface area contributed by atoms with Crippen LogP contribution in [0.1, 0.15) is 35.5 Å². The molecule has 8 nitrogen and oxygen atoms in total. The average Bonchev–Trinajstić information content (AvgIpc) is 3.18. The summed E-state index contributed by atoms with van der Waals surface area (Å²) in [4.78, 5) is 38.0. The predicted molar refractivity (Wildman–Crippen MR) is 119 cm³/mol. The van der Waals surface area contributed by atoms with Gasteiger partial charge in [0.1, 0.15) is 5.75 Å². The van der Waals surface area contributed by atoms with Gasteiger partial charge in [0.05, 0.1) is 19.0 Å². The summed E-state index contributed by atoms with van der Waals surface area (Å²) in [5.74, 6) is -2.35. The van der Waals surface area contributed by atoms with E-state index in [1.54, 1.807) is 63.2 Å². The van der Waals surface area contributed by atoms with Crippen LogP contribution < -0.4 is 4.74 Å². The number of halogens is 1. The molecule has 1 atom stereocenters. The number of hydrogen-bond donors (Lipinski definition) is 0. The van der Waals surface area contributed by atoms with E-state index in [1.807, 2.05) is 0 Å². The maximum atomic E-state index is 13.3. The molecular weight excluding hydrogens is 450 g/mol. The molecular formula is C24H22ClNO7. The molecule has 1 fully saturated rings. The van der Waals surface area contributed by atoms with Crippen LogP contribution >= 0.6 is 11.6 Å². The number of aromatic nitrogens is 1. The molecule has 0 N–H and O–H groups in total. The van der Waals surface area contributed by atoms with Crippen LogP contribution in [-0.2, 0) is 30.2 Å². The van der Waals surface area contributed by atoms with Gasteiger partial charge in [-0.3, -0.25) is 18.9 Å². The second-order valence-corrected chi connectivity index (χ2v) is 8.47. The predicted octanol–water partition coefficient (Wildman–Crippen LogP) is 4.02. The van der Waals surface area contributed by atoms with Crippen LogP contribution in [0.3, 0.4) is 0 Å². The standard InChI is InChI=1S/C24H22ClNO7/c1-13-17(12-20(27)31-23-22(29)32-24(2,3)33-23)18-11-16(30-4)9-10-19(18)26(13)21(28)14-5-7-15(25)8-6-14/h5-11,23H,12H2,1-4H3. The quantitative estimate of drug-likeness (QED) is 0.519. The van der Waals surface area contributed by atoms with Crippen LogP contribution in [0, 0.1) is 6.92 Å². The topological polar surface area (TPSA) is 93.1 Å². The molecule has 0 radical (unpaired) electrons. The number of carbonyl (C=O) groups excluding carboxylic acids is 3. The molecule has 33 heavy (non-hydrogen) atoms. The van der Waals surface area contributed by atoms with E-state index in [-0.39, 0.29) is 12.3 Å². The van der Waals surface area contributed by atoms with Gasteiger partial charge in [0.2, 0.25) is 5.79 Å². The Balaban J connectivity index is 1.71. The van der Waals surface area contributed by atoms with Gasteiger partial charge in [0.15, 0.2) is 0 Å². The van der Waals surface area contributed by atoms with Crippen molar-refractivity contribution in [3.8, 4) is 5.75 Å². The van der Waals surface area contributed by atoms with Gasteiger partial charge >= 0.3 is 18.2 Å². The molecule has 0 saturated carbocycles. The lowest BCUT2D eigenvalue weighted by Gasteiger charge is -2.15. The lowest BCUT2D eigenvalue weighted by Crippen LogP contribution is -2.26. The highest BCUT2D eigenvalue weighted by Gasteiger charge is 2.43. The molecule has 1 unspecified atom stereocenters. The van der Waals surface area contributed by atoms with E-state index >= 15 is 0 Å². The SMILES string of the molecule is COc1ccc2c(c1)c(CC(=O)OC1OC(C)(C)OC1=O)c(C)n2C(=O)c1ccc(Cl)cc1. The zero-order valence-electron chi connectivity index (χ0n) is 18.5. The Morgan fingerprint density at radius 2 is 1.85 bits per heavy atom. The molecule has 1 aliphatic heterocycles. The van der Waals surface area contributed by atoms with Gasteiger partial charge in [0, 0.05) is 35.5 Å². The minimum Gasteiger partial charge on any atom is -0.497 e. The molecule has 4 rings (SSSR count). The summed E-state index contributed by atoms with van der Waals surface area (Å²) in [6, 6.07) is 11.8. The molecule has 1 saturated heterocycles. The normalized spacial score (nSPS) is 17.1. The Bertz CT molecular complexity index is 1260. The molecule has 0 aliphatic carbocycles. The molecule has 2 heterocycles. The first kappa shape index (κ1) is 22.8. The lowest BCUT2D eigenvalue weighted by atomic mass is 10.1. The van der Waals surface area contributed by atoms with Crippen molar-refractivity contribution in [2.45, 2.75) is 39.3 Å². The highest BCUT2D eigenvalue weighted by Crippen LogP contribution is 2.31. The number of fused-ring (bicyclic) bond motifs is 1. The Labute approximate surface area is 194 Å². The van der Waals surface area contributed by atoms with Crippen LogP contribution in [0.25, 0.3) is 10.9 Å². The van der Waals surface area contributed by atoms with Crippen LogP contribution in [0.5, 0.6) is 5.75 Å². The van der Waals surface area contributed by atoms with Crippen LogP contribution in [0.15, 0.2) is 42.5 Å². The van der Waals surface area contributed by atoms with Gasteiger partial charge in [-0.05, 0) is 55.0 Å². The van der Waals surface area contributed by atoms with E-state index in [2.05, 4.69) is 0 Å². The molecule has 0 spiro atoms. The third-order valence-corrected chi connectivity index (χ3v) is 5.58. The summed E-state index contributed by atoms with van der Waals surface area (Å²) in [6.07, 6.45) is -1.63. The molecule has 172 valence electrons. The maximum absolute atomic E-state index is 13.3. The number of carbonyl (C=O) groups is 3. The van der Waals surface area contributed by atoms with Crippen LogP contribution in [0.2, 0.25) is 5.02 Å². The van der Waals surface area contributed by atoms with Crippen LogP contribution in [-0.4, -0.2) is 41.6 Å². The van der Waals surface area contributed by atoms with Crippen molar-refractivity contribution in [2.75, 3.05) is 7.11 Å². The number of cyclic esters (lactones) is 1. The maximum Gasteiger partial charge on any atom is 0.379 e. The van der Waals surface area contributed by atoms with Crippen molar-refractivity contribution >= 4 is 40.3 Å². The average molecular weight is 472 g/mol. The molecule has 1 aliphatic rings. The monoisotopic (exact) mass is 471 g/mol. The van der Waals surface area contributed by atoms with Crippen molar-refractivity contribution < 1.29 is 33.3 Å². The van der Waals surface area contributed by atoms with E-state index in [9.17, 15) is 14.4 Å². The Morgan fingerprint density at radius 1 is 1.15 bits per heavy atom. The summed E-state index contributed by atoms with van der Waals surface area (Å²) in [7, 11) is 1.53. The van der Waals surface area contributed by atoms with Crippen molar-refractivity contribution in [1.29, 1.82) is 0 Å². The Hall–Kier alpha value is -3.36. The zero-order valence-corrected chi connectivity index (χ0v) is 19.3. The van der Waals surface area contributed by atoms with Gasteiger partial charge in [-0.2, -0.15) is 0 Å². The number of benzene rings is 2. The fourth-order valence-electron chi connectivity index (χ4n) is 3.79. The first-order chi connectivity index (χ1) is 15.6. The highest BCUT2D eigenvalue weighted by atomic mass is 35.5. The van der Waals surface area contributed by atoms with Crippen molar-refractivity contribution in [3.05, 3.63) is 64.3 Å². The van der Waals surface area contributed by atoms with E-state index in [0.29, 0.717) is 38.5 Å². The number of ether oxygens (including phenoxy) is 4. The minimum absolute atomic E-state index is 0.191. The molecule has 9 heteroatoms. The number of esters is 2. The van der Waals surface area contributed by atoms with Crippen molar-refractivity contribution in [1.82, 2.24) is 4.57 Å². The molecule has 0 bridgehead atoms. The smallest absolute Gasteiger partial charge is 0.379 e. The van der Waals surface area contributed by atoms with Gasteiger partial charge in [-0.25, -0.2) is 4.79 Å². The van der Waals surface area contributed by atoms with Gasteiger partial charge < -0.3 is 14.2 Å². The van der Waals surface area contributed by atoms with E-state index in [1.165, 1.54) is 11.7 Å². The number of hydrogen-bond acceptors (Lipinski definition) is 7. The van der Waals surface area contributed by atoms with Crippen LogP contribution in [0.4, 0.5) is 0 Å². The van der Waals surface area contributed by atoms with E-state index in [4.69, 9.17) is 30.5 Å². The molecule has 1 aromatic heterocycles. The summed E-state index contributed by atoms with van der Waals surface area (Å²) in [5.41, 5.74) is 2.18. The minimum atomic E-state index is -1.44. The Kier molecular flexibility index (Phi) is 5.90. The fourth-order valence-corrected chi connectivity index (χ4v) is 3.92. The number of methoxy groups -OCH3 is 1. The highest BCUT2D eigenvalue weighted by molar-refractivity contribution is 6.30. The third-order valence-electron chi connectivity index (χ3n) is 5.33. The van der Waals surface area contributed by atoms with Gasteiger partial charge in [-0.1, -0.05) is 11.6 Å². The molecule has 0 amide bonds. The lowest BCUT2D eigenvalue weighted by molar-refractivity contribution is -0.197. The fraction of sp³-hybridized carbons (Fsp3) is 0.292. The second-order valence-electron chi connectivity index (χ2n) is 8.03. The van der Waals surface area contributed by atoms with Crippen molar-refractivity contribution in [2.24, 2.45) is 0 Å². The van der Waals surface area contributed by atoms with E-state index < -0.39 is 24.0 Å². The summed E-state index contributed by atoms with van der Waals surface area (Å²) < 4.78 is 22.4. The largest absolute Gasteiger partial charge is 0.497 e. The number of rotatable bonds is 5. The molecule has 2 aromatic carbocycles. The van der Waals surface area contributed by atoms with E-state index in [0.717, 1.165) is 0 Å². The summed E-state index contributed by atoms with van der Waals surface area (Å²) >= 11 is 5.95. The Morgan fingerprint density at radius 3 is 2.45 bits per heavy atom. The number of nitrogens with zero attached hydrogens (tertiary/aromatic N) is 1. The summed E-state index contributed by atoms with van der Waals surface area (Å²) in [5, 5.41) is 1.17. The first-order valence-corrected chi connectivity index (χ1v) is 10.6.